The quantitative estimate of drug-likeness (QED) is 0.532. The summed E-state index contributed by atoms with van der Waals surface area (Å²) in [4.78, 5) is 0. The second-order valence-electron chi connectivity index (χ2n) is 3.30. The molecule has 0 aliphatic heterocycles. The predicted octanol–water partition coefficient (Wildman–Crippen LogP) is 3.84. The standard InChI is InChI=1S/C13H16S/c1-3-4-10-14-11-9-13-7-5-12(2)6-8-13/h5-8H,3-4,10H2,1-2H3. The lowest BCUT2D eigenvalue weighted by molar-refractivity contribution is 0.898. The van der Waals surface area contributed by atoms with Crippen LogP contribution in [0.4, 0.5) is 0 Å². The van der Waals surface area contributed by atoms with Crippen molar-refractivity contribution < 1.29 is 0 Å². The van der Waals surface area contributed by atoms with E-state index in [-0.39, 0.29) is 0 Å². The van der Waals surface area contributed by atoms with Crippen molar-refractivity contribution in [2.45, 2.75) is 26.7 Å². The van der Waals surface area contributed by atoms with Gasteiger partial charge in [0.2, 0.25) is 0 Å². The van der Waals surface area contributed by atoms with Crippen molar-refractivity contribution in [1.82, 2.24) is 0 Å². The third-order valence-electron chi connectivity index (χ3n) is 1.92. The molecule has 0 radical (unpaired) electrons. The first-order chi connectivity index (χ1) is 6.83. The Morgan fingerprint density at radius 2 is 1.93 bits per heavy atom. The van der Waals surface area contributed by atoms with Crippen LogP contribution in [0.25, 0.3) is 0 Å². The summed E-state index contributed by atoms with van der Waals surface area (Å²) >= 11 is 1.72. The van der Waals surface area contributed by atoms with Gasteiger partial charge in [0.1, 0.15) is 0 Å². The zero-order valence-electron chi connectivity index (χ0n) is 8.84. The molecule has 0 saturated heterocycles. The van der Waals surface area contributed by atoms with E-state index in [1.807, 2.05) is 0 Å². The third kappa shape index (κ3) is 4.39. The van der Waals surface area contributed by atoms with Gasteiger partial charge in [0, 0.05) is 11.3 Å². The van der Waals surface area contributed by atoms with Crippen molar-refractivity contribution >= 4 is 11.8 Å². The maximum absolute atomic E-state index is 3.14. The predicted molar refractivity (Wildman–Crippen MR) is 65.4 cm³/mol. The van der Waals surface area contributed by atoms with Crippen LogP contribution in [0.15, 0.2) is 24.3 Å². The van der Waals surface area contributed by atoms with Crippen LogP contribution in [0.1, 0.15) is 30.9 Å². The van der Waals surface area contributed by atoms with Crippen LogP contribution in [0.2, 0.25) is 0 Å². The van der Waals surface area contributed by atoms with Gasteiger partial charge in [0.05, 0.1) is 0 Å². The van der Waals surface area contributed by atoms with Gasteiger partial charge in [-0.2, -0.15) is 0 Å². The molecule has 0 nitrogen and oxygen atoms in total. The Balaban J connectivity index is 2.39. The Bertz CT molecular complexity index is 313. The molecule has 1 heteroatoms. The average molecular weight is 204 g/mol. The molecule has 0 unspecified atom stereocenters. The molecule has 0 spiro atoms. The molecule has 0 aromatic heterocycles. The van der Waals surface area contributed by atoms with Crippen molar-refractivity contribution in [3.05, 3.63) is 35.4 Å². The minimum atomic E-state index is 1.11. The molecule has 1 aromatic rings. The van der Waals surface area contributed by atoms with E-state index in [9.17, 15) is 0 Å². The van der Waals surface area contributed by atoms with Gasteiger partial charge in [-0.3, -0.25) is 0 Å². The molecule has 0 amide bonds. The lowest BCUT2D eigenvalue weighted by Crippen LogP contribution is -1.75. The fraction of sp³-hybridized carbons (Fsp3) is 0.385. The molecule has 0 bridgehead atoms. The minimum absolute atomic E-state index is 1.11. The second kappa shape index (κ2) is 6.56. The molecule has 0 fully saturated rings. The summed E-state index contributed by atoms with van der Waals surface area (Å²) in [5.41, 5.74) is 2.40. The number of unbranched alkanes of at least 4 members (excludes halogenated alkanes) is 1. The summed E-state index contributed by atoms with van der Waals surface area (Å²) in [6.07, 6.45) is 2.51. The number of rotatable bonds is 3. The fourth-order valence-corrected chi connectivity index (χ4v) is 1.72. The summed E-state index contributed by atoms with van der Waals surface area (Å²) in [6, 6.07) is 8.34. The molecule has 1 rings (SSSR count). The first-order valence-electron chi connectivity index (χ1n) is 5.02. The van der Waals surface area contributed by atoms with Gasteiger partial charge in [-0.1, -0.05) is 48.7 Å². The van der Waals surface area contributed by atoms with Crippen LogP contribution >= 0.6 is 11.8 Å². The van der Waals surface area contributed by atoms with Crippen molar-refractivity contribution in [2.24, 2.45) is 0 Å². The molecule has 14 heavy (non-hydrogen) atoms. The normalized spacial score (nSPS) is 9.29. The summed E-state index contributed by atoms with van der Waals surface area (Å²) < 4.78 is 0. The molecular weight excluding hydrogens is 188 g/mol. The molecule has 0 saturated carbocycles. The first kappa shape index (κ1) is 11.2. The summed E-state index contributed by atoms with van der Waals surface area (Å²) in [6.45, 7) is 4.29. The van der Waals surface area contributed by atoms with Gasteiger partial charge in [-0.15, -0.1) is 0 Å². The van der Waals surface area contributed by atoms with Gasteiger partial charge in [0.15, 0.2) is 0 Å². The van der Waals surface area contributed by atoms with E-state index in [0.717, 1.165) is 11.3 Å². The van der Waals surface area contributed by atoms with Crippen LogP contribution in [0.3, 0.4) is 0 Å². The summed E-state index contributed by atoms with van der Waals surface area (Å²) in [5, 5.41) is 3.12. The smallest absolute Gasteiger partial charge is 0.0254 e. The van der Waals surface area contributed by atoms with Gasteiger partial charge < -0.3 is 0 Å². The van der Waals surface area contributed by atoms with Crippen LogP contribution in [0, 0.1) is 18.1 Å². The van der Waals surface area contributed by atoms with Gasteiger partial charge >= 0.3 is 0 Å². The van der Waals surface area contributed by atoms with E-state index in [1.54, 1.807) is 11.8 Å². The third-order valence-corrected chi connectivity index (χ3v) is 2.66. The van der Waals surface area contributed by atoms with Gasteiger partial charge in [-0.05, 0) is 30.7 Å². The fourth-order valence-electron chi connectivity index (χ4n) is 0.999. The van der Waals surface area contributed by atoms with E-state index in [0.29, 0.717) is 0 Å². The highest BCUT2D eigenvalue weighted by atomic mass is 32.2. The Kier molecular flexibility index (Phi) is 5.25. The molecule has 0 atom stereocenters. The Labute approximate surface area is 91.1 Å². The molecule has 74 valence electrons. The molecule has 0 aliphatic carbocycles. The van der Waals surface area contributed by atoms with E-state index in [2.05, 4.69) is 49.3 Å². The zero-order chi connectivity index (χ0) is 10.2. The van der Waals surface area contributed by atoms with E-state index >= 15 is 0 Å². The molecule has 0 aliphatic rings. The lowest BCUT2D eigenvalue weighted by Gasteiger charge is -1.91. The Hall–Kier alpha value is -0.870. The van der Waals surface area contributed by atoms with Gasteiger partial charge in [0.25, 0.3) is 0 Å². The first-order valence-corrected chi connectivity index (χ1v) is 6.01. The van der Waals surface area contributed by atoms with E-state index in [1.165, 1.54) is 18.4 Å². The highest BCUT2D eigenvalue weighted by Gasteiger charge is 1.86. The van der Waals surface area contributed by atoms with Crippen molar-refractivity contribution in [1.29, 1.82) is 0 Å². The number of hydrogen-bond donors (Lipinski definition) is 0. The van der Waals surface area contributed by atoms with E-state index < -0.39 is 0 Å². The SMILES string of the molecule is CCCCSC#Cc1ccc(C)cc1. The largest absolute Gasteiger partial charge is 0.0747 e. The molecule has 1 aromatic carbocycles. The highest BCUT2D eigenvalue weighted by Crippen LogP contribution is 2.04. The maximum atomic E-state index is 3.14. The highest BCUT2D eigenvalue weighted by molar-refractivity contribution is 8.03. The van der Waals surface area contributed by atoms with Crippen LogP contribution in [0.5, 0.6) is 0 Å². The van der Waals surface area contributed by atoms with E-state index in [4.69, 9.17) is 0 Å². The molecular formula is C13H16S. The van der Waals surface area contributed by atoms with Gasteiger partial charge in [-0.25, -0.2) is 0 Å². The monoisotopic (exact) mass is 204 g/mol. The number of aryl methyl sites for hydroxylation is 1. The minimum Gasteiger partial charge on any atom is -0.0747 e. The summed E-state index contributed by atoms with van der Waals surface area (Å²) in [7, 11) is 0. The molecule has 0 heterocycles. The second-order valence-corrected chi connectivity index (χ2v) is 4.20. The van der Waals surface area contributed by atoms with Crippen LogP contribution in [-0.4, -0.2) is 5.75 Å². The number of benzene rings is 1. The van der Waals surface area contributed by atoms with Crippen molar-refractivity contribution in [3.8, 4) is 11.2 Å². The Morgan fingerprint density at radius 1 is 1.21 bits per heavy atom. The van der Waals surface area contributed by atoms with Crippen LogP contribution in [-0.2, 0) is 0 Å². The lowest BCUT2D eigenvalue weighted by atomic mass is 10.2. The number of thioether (sulfide) groups is 1. The van der Waals surface area contributed by atoms with Crippen LogP contribution < -0.4 is 0 Å². The maximum Gasteiger partial charge on any atom is 0.0254 e. The average Bonchev–Trinajstić information content (AvgIpc) is 2.21. The number of hydrogen-bond acceptors (Lipinski definition) is 1. The van der Waals surface area contributed by atoms with Crippen molar-refractivity contribution in [3.63, 3.8) is 0 Å². The van der Waals surface area contributed by atoms with Crippen molar-refractivity contribution in [2.75, 3.05) is 5.75 Å². The topological polar surface area (TPSA) is 0 Å². The summed E-state index contributed by atoms with van der Waals surface area (Å²) in [5.74, 6) is 4.29. The molecule has 0 N–H and O–H groups in total. The Morgan fingerprint density at radius 3 is 2.57 bits per heavy atom. The zero-order valence-corrected chi connectivity index (χ0v) is 9.66.